The van der Waals surface area contributed by atoms with Gasteiger partial charge in [0, 0.05) is 6.42 Å². The highest BCUT2D eigenvalue weighted by Crippen LogP contribution is 2.27. The second-order valence-corrected chi connectivity index (χ2v) is 5.72. The van der Waals surface area contributed by atoms with Crippen molar-refractivity contribution in [3.8, 4) is 5.69 Å². The standard InChI is InChI=1S/C16H13Cl2N5O/c1-2-14-20-21-22-23(14)13-9-4-3-8-12(13)19-16(24)10-6-5-7-11(17)15(10)18/h3-9H,2H2,1H3,(H,19,24). The fourth-order valence-corrected chi connectivity index (χ4v) is 2.63. The Morgan fingerprint density at radius 1 is 1.17 bits per heavy atom. The largest absolute Gasteiger partial charge is 0.320 e. The van der Waals surface area contributed by atoms with E-state index >= 15 is 0 Å². The van der Waals surface area contributed by atoms with Gasteiger partial charge in [-0.05, 0) is 34.7 Å². The van der Waals surface area contributed by atoms with Gasteiger partial charge in [0.05, 0.1) is 27.0 Å². The summed E-state index contributed by atoms with van der Waals surface area (Å²) in [6.45, 7) is 1.95. The second kappa shape index (κ2) is 6.98. The van der Waals surface area contributed by atoms with Crippen molar-refractivity contribution < 1.29 is 4.79 Å². The van der Waals surface area contributed by atoms with Crippen LogP contribution in [0.1, 0.15) is 23.1 Å². The fraction of sp³-hybridized carbons (Fsp3) is 0.125. The number of rotatable bonds is 4. The molecule has 8 heteroatoms. The highest BCUT2D eigenvalue weighted by atomic mass is 35.5. The van der Waals surface area contributed by atoms with E-state index in [1.165, 1.54) is 0 Å². The third-order valence-electron chi connectivity index (χ3n) is 3.43. The van der Waals surface area contributed by atoms with E-state index in [1.54, 1.807) is 28.9 Å². The number of carbonyl (C=O) groups is 1. The van der Waals surface area contributed by atoms with Gasteiger partial charge in [-0.2, -0.15) is 4.68 Å². The lowest BCUT2D eigenvalue weighted by Crippen LogP contribution is -2.15. The first-order valence-corrected chi connectivity index (χ1v) is 7.99. The van der Waals surface area contributed by atoms with Crippen molar-refractivity contribution in [3.05, 3.63) is 63.9 Å². The van der Waals surface area contributed by atoms with Crippen molar-refractivity contribution in [1.29, 1.82) is 0 Å². The number of hydrogen-bond donors (Lipinski definition) is 1. The molecule has 0 bridgehead atoms. The number of aryl methyl sites for hydroxylation is 1. The van der Waals surface area contributed by atoms with Gasteiger partial charge in [0.2, 0.25) is 0 Å². The zero-order valence-electron chi connectivity index (χ0n) is 12.7. The first kappa shape index (κ1) is 16.4. The van der Waals surface area contributed by atoms with E-state index in [0.29, 0.717) is 34.2 Å². The molecule has 0 aliphatic rings. The van der Waals surface area contributed by atoms with E-state index in [4.69, 9.17) is 23.2 Å². The number of nitrogens with zero attached hydrogens (tertiary/aromatic N) is 4. The molecule has 0 aliphatic carbocycles. The van der Waals surface area contributed by atoms with Crippen LogP contribution in [0.2, 0.25) is 10.0 Å². The monoisotopic (exact) mass is 361 g/mol. The molecule has 1 heterocycles. The minimum Gasteiger partial charge on any atom is -0.320 e. The Kier molecular flexibility index (Phi) is 4.78. The van der Waals surface area contributed by atoms with Crippen molar-refractivity contribution in [3.63, 3.8) is 0 Å². The van der Waals surface area contributed by atoms with Gasteiger partial charge in [-0.1, -0.05) is 48.3 Å². The quantitative estimate of drug-likeness (QED) is 0.767. The summed E-state index contributed by atoms with van der Waals surface area (Å²) < 4.78 is 1.59. The van der Waals surface area contributed by atoms with Crippen molar-refractivity contribution in [2.24, 2.45) is 0 Å². The van der Waals surface area contributed by atoms with Crippen molar-refractivity contribution in [1.82, 2.24) is 20.2 Å². The Labute approximate surface area is 148 Å². The summed E-state index contributed by atoms with van der Waals surface area (Å²) in [4.78, 5) is 12.5. The van der Waals surface area contributed by atoms with Crippen molar-refractivity contribution in [2.75, 3.05) is 5.32 Å². The number of amides is 1. The predicted octanol–water partition coefficient (Wildman–Crippen LogP) is 3.78. The molecule has 0 radical (unpaired) electrons. The Morgan fingerprint density at radius 2 is 1.96 bits per heavy atom. The van der Waals surface area contributed by atoms with Crippen LogP contribution in [0.3, 0.4) is 0 Å². The molecule has 1 amide bonds. The topological polar surface area (TPSA) is 72.7 Å². The van der Waals surface area contributed by atoms with E-state index < -0.39 is 0 Å². The maximum Gasteiger partial charge on any atom is 0.257 e. The average Bonchev–Trinajstić information content (AvgIpc) is 3.06. The van der Waals surface area contributed by atoms with Crippen LogP contribution in [0, 0.1) is 0 Å². The molecule has 1 aromatic heterocycles. The second-order valence-electron chi connectivity index (χ2n) is 4.93. The molecule has 122 valence electrons. The maximum absolute atomic E-state index is 12.5. The summed E-state index contributed by atoms with van der Waals surface area (Å²) in [6.07, 6.45) is 0.662. The molecule has 1 N–H and O–H groups in total. The highest BCUT2D eigenvalue weighted by Gasteiger charge is 2.16. The number of aromatic nitrogens is 4. The smallest absolute Gasteiger partial charge is 0.257 e. The predicted molar refractivity (Wildman–Crippen MR) is 92.9 cm³/mol. The summed E-state index contributed by atoms with van der Waals surface area (Å²) in [5.41, 5.74) is 1.54. The van der Waals surface area contributed by atoms with E-state index in [2.05, 4.69) is 20.8 Å². The van der Waals surface area contributed by atoms with Gasteiger partial charge >= 0.3 is 0 Å². The van der Waals surface area contributed by atoms with Crippen LogP contribution in [0.15, 0.2) is 42.5 Å². The van der Waals surface area contributed by atoms with Gasteiger partial charge in [-0.3, -0.25) is 4.79 Å². The van der Waals surface area contributed by atoms with Gasteiger partial charge in [0.15, 0.2) is 5.82 Å². The third-order valence-corrected chi connectivity index (χ3v) is 4.25. The van der Waals surface area contributed by atoms with Crippen LogP contribution in [0.4, 0.5) is 5.69 Å². The summed E-state index contributed by atoms with van der Waals surface area (Å²) in [5.74, 6) is 0.332. The molecule has 0 unspecified atom stereocenters. The van der Waals surface area contributed by atoms with Gasteiger partial charge in [0.1, 0.15) is 0 Å². The number of anilines is 1. The minimum absolute atomic E-state index is 0.214. The molecule has 3 aromatic rings. The first-order chi connectivity index (χ1) is 11.6. The first-order valence-electron chi connectivity index (χ1n) is 7.23. The summed E-state index contributed by atoms with van der Waals surface area (Å²) >= 11 is 12.1. The maximum atomic E-state index is 12.5. The summed E-state index contributed by atoms with van der Waals surface area (Å²) in [7, 11) is 0. The number of benzene rings is 2. The summed E-state index contributed by atoms with van der Waals surface area (Å²) in [6, 6.07) is 12.2. The van der Waals surface area contributed by atoms with E-state index in [9.17, 15) is 4.79 Å². The van der Waals surface area contributed by atoms with Crippen LogP contribution in [0.5, 0.6) is 0 Å². The zero-order chi connectivity index (χ0) is 17.1. The highest BCUT2D eigenvalue weighted by molar-refractivity contribution is 6.44. The number of tetrazole rings is 1. The van der Waals surface area contributed by atoms with Gasteiger partial charge in [-0.15, -0.1) is 5.10 Å². The lowest BCUT2D eigenvalue weighted by molar-refractivity contribution is 0.102. The molecule has 0 aliphatic heterocycles. The molecule has 3 rings (SSSR count). The molecule has 0 atom stereocenters. The molecule has 2 aromatic carbocycles. The van der Waals surface area contributed by atoms with E-state index in [1.807, 2.05) is 25.1 Å². The normalized spacial score (nSPS) is 10.6. The van der Waals surface area contributed by atoms with E-state index in [-0.39, 0.29) is 10.9 Å². The lowest BCUT2D eigenvalue weighted by atomic mass is 10.2. The number of nitrogens with one attached hydrogen (secondary N) is 1. The van der Waals surface area contributed by atoms with Crippen LogP contribution in [-0.4, -0.2) is 26.1 Å². The fourth-order valence-electron chi connectivity index (χ4n) is 2.25. The van der Waals surface area contributed by atoms with Crippen molar-refractivity contribution in [2.45, 2.75) is 13.3 Å². The van der Waals surface area contributed by atoms with Crippen LogP contribution in [0.25, 0.3) is 5.69 Å². The number of halogens is 2. The zero-order valence-corrected chi connectivity index (χ0v) is 14.2. The average molecular weight is 362 g/mol. The van der Waals surface area contributed by atoms with Crippen LogP contribution >= 0.6 is 23.2 Å². The lowest BCUT2D eigenvalue weighted by Gasteiger charge is -2.12. The molecular weight excluding hydrogens is 349 g/mol. The molecule has 0 saturated heterocycles. The third kappa shape index (κ3) is 3.11. The Balaban J connectivity index is 1.97. The number of carbonyl (C=O) groups excluding carboxylic acids is 1. The minimum atomic E-state index is -0.360. The molecule has 0 fully saturated rings. The summed E-state index contributed by atoms with van der Waals surface area (Å²) in [5, 5.41) is 15.0. The number of hydrogen-bond acceptors (Lipinski definition) is 4. The Morgan fingerprint density at radius 3 is 2.75 bits per heavy atom. The number of para-hydroxylation sites is 2. The van der Waals surface area contributed by atoms with Crippen molar-refractivity contribution >= 4 is 34.8 Å². The van der Waals surface area contributed by atoms with Crippen LogP contribution in [-0.2, 0) is 6.42 Å². The Hall–Kier alpha value is -2.44. The SMILES string of the molecule is CCc1nnnn1-c1ccccc1NC(=O)c1cccc(Cl)c1Cl. The molecule has 6 nitrogen and oxygen atoms in total. The van der Waals surface area contributed by atoms with Gasteiger partial charge in [0.25, 0.3) is 5.91 Å². The molecule has 24 heavy (non-hydrogen) atoms. The molecular formula is C16H13Cl2N5O. The van der Waals surface area contributed by atoms with Gasteiger partial charge in [-0.25, -0.2) is 0 Å². The van der Waals surface area contributed by atoms with Gasteiger partial charge < -0.3 is 5.32 Å². The molecule has 0 saturated carbocycles. The van der Waals surface area contributed by atoms with Crippen LogP contribution < -0.4 is 5.32 Å². The Bertz CT molecular complexity index is 894. The van der Waals surface area contributed by atoms with E-state index in [0.717, 1.165) is 0 Å². The molecule has 0 spiro atoms.